The van der Waals surface area contributed by atoms with Gasteiger partial charge < -0.3 is 17.3 Å². The third-order valence-corrected chi connectivity index (χ3v) is 11.1. The Morgan fingerprint density at radius 1 is 0.588 bits per heavy atom. The van der Waals surface area contributed by atoms with Gasteiger partial charge >= 0.3 is 7.25 Å². The molecule has 0 radical (unpaired) electrons. The van der Waals surface area contributed by atoms with Crippen LogP contribution in [0.5, 0.6) is 0 Å². The van der Waals surface area contributed by atoms with Crippen molar-refractivity contribution in [1.29, 1.82) is 0 Å². The third-order valence-electron chi connectivity index (χ3n) is 5.47. The van der Waals surface area contributed by atoms with Crippen LogP contribution in [-0.2, 0) is 0 Å². The molecule has 0 aliphatic heterocycles. The lowest BCUT2D eigenvalue weighted by atomic mass is 10.2. The molecule has 0 aliphatic carbocycles. The molecule has 0 aromatic heterocycles. The van der Waals surface area contributed by atoms with Gasteiger partial charge in [-0.15, -0.1) is 0 Å². The number of hydrogen-bond acceptors (Lipinski definition) is 1. The van der Waals surface area contributed by atoms with Crippen LogP contribution in [0.4, 0.5) is 17.3 Å². The normalized spacial score (nSPS) is 12.4. The molecule has 0 heterocycles. The van der Waals surface area contributed by atoms with Gasteiger partial charge in [-0.1, -0.05) is 84.9 Å². The van der Waals surface area contributed by atoms with Crippen molar-refractivity contribution in [1.82, 2.24) is 0 Å². The zero-order chi connectivity index (χ0) is 24.4. The van der Waals surface area contributed by atoms with E-state index in [1.807, 2.05) is 11.8 Å². The minimum absolute atomic E-state index is 0.408. The van der Waals surface area contributed by atoms with E-state index in [2.05, 4.69) is 128 Å². The minimum Gasteiger partial charge on any atom is -0.418 e. The molecule has 0 N–H and O–H groups in total. The molecule has 0 bridgehead atoms. The highest BCUT2D eigenvalue weighted by molar-refractivity contribution is 8.01. The van der Waals surface area contributed by atoms with E-state index in [0.717, 1.165) is 5.75 Å². The molecule has 0 spiro atoms. The number of thioether (sulfide) groups is 1. The molecule has 4 aromatic carbocycles. The van der Waals surface area contributed by atoms with Gasteiger partial charge in [0.05, 0.1) is 0 Å². The Labute approximate surface area is 203 Å². The molecule has 4 aromatic rings. The molecule has 4 rings (SSSR count). The summed E-state index contributed by atoms with van der Waals surface area (Å²) in [5.74, 6) is 1.08. The minimum atomic E-state index is -6.00. The van der Waals surface area contributed by atoms with Crippen LogP contribution in [0.15, 0.2) is 121 Å². The van der Waals surface area contributed by atoms with Crippen molar-refractivity contribution in [2.24, 2.45) is 0 Å². The third kappa shape index (κ3) is 6.52. The molecule has 1 atom stereocenters. The van der Waals surface area contributed by atoms with E-state index in [1.165, 1.54) is 21.5 Å². The van der Waals surface area contributed by atoms with E-state index in [4.69, 9.17) is 0 Å². The number of benzene rings is 4. The van der Waals surface area contributed by atoms with Crippen molar-refractivity contribution in [3.8, 4) is 0 Å². The summed E-state index contributed by atoms with van der Waals surface area (Å²) in [7, 11) is -7.92. The summed E-state index contributed by atoms with van der Waals surface area (Å²) in [6.45, 7) is 0. The van der Waals surface area contributed by atoms with Crippen LogP contribution in [-0.4, -0.2) is 19.3 Å². The van der Waals surface area contributed by atoms with Gasteiger partial charge in [-0.05, 0) is 48.2 Å². The molecule has 176 valence electrons. The predicted molar refractivity (Wildman–Crippen MR) is 143 cm³/mol. The van der Waals surface area contributed by atoms with Crippen molar-refractivity contribution in [2.45, 2.75) is 5.66 Å². The maximum absolute atomic E-state index is 9.75. The lowest BCUT2D eigenvalue weighted by molar-refractivity contribution is 0.368. The van der Waals surface area contributed by atoms with Crippen LogP contribution in [0.25, 0.3) is 0 Å². The molecular weight excluding hydrogens is 474 g/mol. The first-order chi connectivity index (χ1) is 16.4. The van der Waals surface area contributed by atoms with E-state index >= 15 is 0 Å². The fourth-order valence-corrected chi connectivity index (χ4v) is 10.6. The maximum atomic E-state index is 9.75. The summed E-state index contributed by atoms with van der Waals surface area (Å²) < 4.78 is 39.0. The van der Waals surface area contributed by atoms with Gasteiger partial charge in [-0.2, -0.15) is 11.8 Å². The summed E-state index contributed by atoms with van der Waals surface area (Å²) in [6, 6.07) is 44.6. The molecular formula is C27H26BF4PS. The molecule has 0 fully saturated rings. The Hall–Kier alpha value is -2.56. The number of halogens is 4. The Morgan fingerprint density at radius 2 is 0.882 bits per heavy atom. The first-order valence-electron chi connectivity index (χ1n) is 10.8. The Morgan fingerprint density at radius 3 is 1.18 bits per heavy atom. The molecule has 7 heteroatoms. The highest BCUT2D eigenvalue weighted by Crippen LogP contribution is 2.67. The lowest BCUT2D eigenvalue weighted by Crippen LogP contribution is -2.36. The van der Waals surface area contributed by atoms with Crippen LogP contribution in [0.2, 0.25) is 0 Å². The van der Waals surface area contributed by atoms with Crippen LogP contribution in [0.1, 0.15) is 11.2 Å². The monoisotopic (exact) mass is 500 g/mol. The zero-order valence-electron chi connectivity index (χ0n) is 18.8. The smallest absolute Gasteiger partial charge is 0.418 e. The maximum Gasteiger partial charge on any atom is 0.673 e. The molecule has 0 amide bonds. The standard InChI is InChI=1S/C27H26PS.BF4/c1-29-22-27(23-14-6-2-7-15-23)28(24-16-8-3-9-17-24,25-18-10-4-11-19-25)26-20-12-5-13-21-26;2-1(3,4)5/h2-21,27H,22H2,1H3;/q+1;-1. The van der Waals surface area contributed by atoms with Crippen LogP contribution < -0.4 is 15.9 Å². The predicted octanol–water partition coefficient (Wildman–Crippen LogP) is 7.38. The number of hydrogen-bond donors (Lipinski definition) is 0. The molecule has 0 saturated carbocycles. The first-order valence-corrected chi connectivity index (χ1v) is 14.1. The Balaban J connectivity index is 0.000000588. The quantitative estimate of drug-likeness (QED) is 0.145. The first kappa shape index (κ1) is 26.1. The zero-order valence-corrected chi connectivity index (χ0v) is 20.5. The van der Waals surface area contributed by atoms with Crippen molar-refractivity contribution in [2.75, 3.05) is 12.0 Å². The molecule has 0 nitrogen and oxygen atoms in total. The average Bonchev–Trinajstić information content (AvgIpc) is 2.85. The fourth-order valence-electron chi connectivity index (χ4n) is 4.24. The highest BCUT2D eigenvalue weighted by Gasteiger charge is 2.52. The van der Waals surface area contributed by atoms with Crippen molar-refractivity contribution in [3.63, 3.8) is 0 Å². The summed E-state index contributed by atoms with van der Waals surface area (Å²) >= 11 is 1.94. The van der Waals surface area contributed by atoms with Crippen LogP contribution in [0, 0.1) is 0 Å². The average molecular weight is 500 g/mol. The summed E-state index contributed by atoms with van der Waals surface area (Å²) in [4.78, 5) is 0. The van der Waals surface area contributed by atoms with Crippen molar-refractivity contribution in [3.05, 3.63) is 127 Å². The van der Waals surface area contributed by atoms with E-state index in [-0.39, 0.29) is 0 Å². The van der Waals surface area contributed by atoms with Gasteiger partial charge in [0.25, 0.3) is 0 Å². The van der Waals surface area contributed by atoms with Gasteiger partial charge in [-0.3, -0.25) is 0 Å². The molecule has 1 unspecified atom stereocenters. The van der Waals surface area contributed by atoms with Gasteiger partial charge in [0.1, 0.15) is 28.8 Å². The largest absolute Gasteiger partial charge is 0.673 e. The van der Waals surface area contributed by atoms with E-state index < -0.39 is 14.5 Å². The molecule has 34 heavy (non-hydrogen) atoms. The van der Waals surface area contributed by atoms with Gasteiger partial charge in [-0.25, -0.2) is 0 Å². The SMILES string of the molecule is CSCC(c1ccccc1)[P+](c1ccccc1)(c1ccccc1)c1ccccc1.F[B-](F)(F)F. The molecule has 0 aliphatic rings. The van der Waals surface area contributed by atoms with Gasteiger partial charge in [0.2, 0.25) is 0 Å². The molecule has 0 saturated heterocycles. The second-order valence-electron chi connectivity index (χ2n) is 7.61. The van der Waals surface area contributed by atoms with Crippen LogP contribution in [0.3, 0.4) is 0 Å². The summed E-state index contributed by atoms with van der Waals surface area (Å²) in [6.07, 6.45) is 2.23. The Bertz CT molecular complexity index is 1010. The second kappa shape index (κ2) is 12.2. The summed E-state index contributed by atoms with van der Waals surface area (Å²) in [5.41, 5.74) is 1.83. The van der Waals surface area contributed by atoms with Crippen molar-refractivity contribution < 1.29 is 17.3 Å². The number of rotatable bonds is 7. The van der Waals surface area contributed by atoms with Gasteiger partial charge in [0, 0.05) is 5.75 Å². The fraction of sp³-hybridized carbons (Fsp3) is 0.111. The van der Waals surface area contributed by atoms with Gasteiger partial charge in [0.15, 0.2) is 0 Å². The second-order valence-corrected chi connectivity index (χ2v) is 12.1. The topological polar surface area (TPSA) is 0 Å². The van der Waals surface area contributed by atoms with Crippen molar-refractivity contribution >= 4 is 42.2 Å². The Kier molecular flexibility index (Phi) is 9.38. The lowest BCUT2D eigenvalue weighted by Gasteiger charge is -2.35. The van der Waals surface area contributed by atoms with Crippen LogP contribution >= 0.6 is 19.0 Å². The van der Waals surface area contributed by atoms with E-state index in [9.17, 15) is 17.3 Å². The highest BCUT2D eigenvalue weighted by atomic mass is 32.2. The van der Waals surface area contributed by atoms with E-state index in [0.29, 0.717) is 5.66 Å². The van der Waals surface area contributed by atoms with E-state index in [1.54, 1.807) is 0 Å². The summed E-state index contributed by atoms with van der Waals surface area (Å²) in [5, 5.41) is 4.33.